The number of hydrogen-bond donors (Lipinski definition) is 1. The van der Waals surface area contributed by atoms with Gasteiger partial charge in [0.05, 0.1) is 7.11 Å². The summed E-state index contributed by atoms with van der Waals surface area (Å²) in [6, 6.07) is 12.1. The van der Waals surface area contributed by atoms with E-state index in [-0.39, 0.29) is 12.1 Å². The second-order valence-corrected chi connectivity index (χ2v) is 6.22. The van der Waals surface area contributed by atoms with E-state index >= 15 is 0 Å². The van der Waals surface area contributed by atoms with E-state index in [1.807, 2.05) is 18.2 Å². The molecule has 0 spiro atoms. The summed E-state index contributed by atoms with van der Waals surface area (Å²) in [6.07, 6.45) is 0.758. The molecule has 0 amide bonds. The van der Waals surface area contributed by atoms with Crippen molar-refractivity contribution in [1.29, 1.82) is 0 Å². The molecule has 1 heterocycles. The summed E-state index contributed by atoms with van der Waals surface area (Å²) in [7, 11) is 1.66. The summed E-state index contributed by atoms with van der Waals surface area (Å²) in [6.45, 7) is 2.08. The van der Waals surface area contributed by atoms with Crippen molar-refractivity contribution in [2.45, 2.75) is 25.5 Å². The van der Waals surface area contributed by atoms with Crippen molar-refractivity contribution in [2.75, 3.05) is 7.11 Å². The van der Waals surface area contributed by atoms with Crippen LogP contribution in [0, 0.1) is 6.92 Å². The Bertz CT molecular complexity index is 672. The number of aryl methyl sites for hydroxylation is 1. The summed E-state index contributed by atoms with van der Waals surface area (Å²) < 4.78 is 12.5. The van der Waals surface area contributed by atoms with Gasteiger partial charge in [0.1, 0.15) is 17.6 Å². The third-order valence-electron chi connectivity index (χ3n) is 3.91. The smallest absolute Gasteiger partial charge is 0.126 e. The van der Waals surface area contributed by atoms with Gasteiger partial charge in [-0.3, -0.25) is 0 Å². The van der Waals surface area contributed by atoms with Gasteiger partial charge < -0.3 is 15.2 Å². The highest BCUT2D eigenvalue weighted by Gasteiger charge is 2.27. The maximum Gasteiger partial charge on any atom is 0.126 e. The quantitative estimate of drug-likeness (QED) is 0.881. The molecule has 0 radical (unpaired) electrons. The highest BCUT2D eigenvalue weighted by molar-refractivity contribution is 9.10. The first-order valence-electron chi connectivity index (χ1n) is 6.94. The van der Waals surface area contributed by atoms with E-state index < -0.39 is 0 Å². The van der Waals surface area contributed by atoms with Crippen LogP contribution < -0.4 is 15.2 Å². The first kappa shape index (κ1) is 14.4. The normalized spacial score (nSPS) is 20.6. The maximum absolute atomic E-state index is 6.32. The van der Waals surface area contributed by atoms with Crippen molar-refractivity contribution in [3.63, 3.8) is 0 Å². The number of halogens is 1. The van der Waals surface area contributed by atoms with Crippen LogP contribution in [0.1, 0.15) is 35.3 Å². The second kappa shape index (κ2) is 5.70. The number of rotatable bonds is 2. The fourth-order valence-corrected chi connectivity index (χ4v) is 2.93. The van der Waals surface area contributed by atoms with E-state index in [1.165, 1.54) is 5.56 Å². The number of nitrogens with two attached hydrogens (primary N) is 1. The van der Waals surface area contributed by atoms with Crippen molar-refractivity contribution in [3.05, 3.63) is 57.6 Å². The molecule has 2 atom stereocenters. The zero-order valence-corrected chi connectivity index (χ0v) is 13.7. The predicted molar refractivity (Wildman–Crippen MR) is 86.8 cm³/mol. The van der Waals surface area contributed by atoms with Gasteiger partial charge in [0, 0.05) is 22.5 Å². The van der Waals surface area contributed by atoms with Gasteiger partial charge in [-0.2, -0.15) is 0 Å². The maximum atomic E-state index is 6.32. The lowest BCUT2D eigenvalue weighted by Crippen LogP contribution is -2.24. The lowest BCUT2D eigenvalue weighted by Gasteiger charge is -2.31. The molecule has 2 aromatic rings. The monoisotopic (exact) mass is 347 g/mol. The standard InChI is InChI=1S/C17H18BrNO2/c1-10-7-11(3-5-14(10)18)17-9-15(19)13-8-12(20-2)4-6-16(13)21-17/h3-8,15,17H,9,19H2,1-2H3/t15-,17?/m1/s1. The van der Waals surface area contributed by atoms with Gasteiger partial charge in [-0.1, -0.05) is 28.1 Å². The first-order chi connectivity index (χ1) is 10.1. The lowest BCUT2D eigenvalue weighted by molar-refractivity contribution is 0.161. The second-order valence-electron chi connectivity index (χ2n) is 5.36. The van der Waals surface area contributed by atoms with E-state index in [9.17, 15) is 0 Å². The van der Waals surface area contributed by atoms with Crippen molar-refractivity contribution in [1.82, 2.24) is 0 Å². The molecular formula is C17H18BrNO2. The largest absolute Gasteiger partial charge is 0.497 e. The van der Waals surface area contributed by atoms with Crippen molar-refractivity contribution in [2.24, 2.45) is 5.73 Å². The fourth-order valence-electron chi connectivity index (χ4n) is 2.68. The highest BCUT2D eigenvalue weighted by Crippen LogP contribution is 2.41. The van der Waals surface area contributed by atoms with Gasteiger partial charge in [0.15, 0.2) is 0 Å². The zero-order chi connectivity index (χ0) is 15.0. The lowest BCUT2D eigenvalue weighted by atomic mass is 9.93. The van der Waals surface area contributed by atoms with Crippen LogP contribution in [-0.4, -0.2) is 7.11 Å². The Labute approximate surface area is 133 Å². The van der Waals surface area contributed by atoms with Crippen LogP contribution in [0.25, 0.3) is 0 Å². The van der Waals surface area contributed by atoms with Gasteiger partial charge in [-0.25, -0.2) is 0 Å². The van der Waals surface area contributed by atoms with Gasteiger partial charge >= 0.3 is 0 Å². The molecule has 0 saturated heterocycles. The van der Waals surface area contributed by atoms with Gasteiger partial charge in [0.25, 0.3) is 0 Å². The van der Waals surface area contributed by atoms with Crippen molar-refractivity contribution < 1.29 is 9.47 Å². The average molecular weight is 348 g/mol. The summed E-state index contributed by atoms with van der Waals surface area (Å²) in [5, 5.41) is 0. The van der Waals surface area contributed by atoms with Gasteiger partial charge in [0.2, 0.25) is 0 Å². The van der Waals surface area contributed by atoms with Crippen LogP contribution in [0.4, 0.5) is 0 Å². The third kappa shape index (κ3) is 2.78. The number of ether oxygens (including phenoxy) is 2. The molecule has 4 heteroatoms. The SMILES string of the molecule is COc1ccc2c(c1)[C@H](N)CC(c1ccc(Br)c(C)c1)O2. The Hall–Kier alpha value is -1.52. The Morgan fingerprint density at radius 2 is 2.05 bits per heavy atom. The number of benzene rings is 2. The summed E-state index contributed by atoms with van der Waals surface area (Å²) >= 11 is 3.53. The predicted octanol–water partition coefficient (Wildman–Crippen LogP) is 4.29. The van der Waals surface area contributed by atoms with E-state index in [4.69, 9.17) is 15.2 Å². The zero-order valence-electron chi connectivity index (χ0n) is 12.1. The molecular weight excluding hydrogens is 330 g/mol. The Morgan fingerprint density at radius 1 is 1.24 bits per heavy atom. The molecule has 21 heavy (non-hydrogen) atoms. The van der Waals surface area contributed by atoms with Crippen LogP contribution in [0.5, 0.6) is 11.5 Å². The van der Waals surface area contributed by atoms with Crippen LogP contribution in [-0.2, 0) is 0 Å². The molecule has 2 N–H and O–H groups in total. The molecule has 0 fully saturated rings. The fraction of sp³-hybridized carbons (Fsp3) is 0.294. The summed E-state index contributed by atoms with van der Waals surface area (Å²) in [4.78, 5) is 0. The van der Waals surface area contributed by atoms with Crippen LogP contribution in [0.2, 0.25) is 0 Å². The molecule has 0 saturated carbocycles. The number of hydrogen-bond acceptors (Lipinski definition) is 3. The minimum atomic E-state index is -0.0437. The first-order valence-corrected chi connectivity index (χ1v) is 7.74. The van der Waals surface area contributed by atoms with E-state index in [0.29, 0.717) is 0 Å². The molecule has 0 aliphatic carbocycles. The summed E-state index contributed by atoms with van der Waals surface area (Å²) in [5.41, 5.74) is 9.69. The van der Waals surface area contributed by atoms with Crippen LogP contribution >= 0.6 is 15.9 Å². The van der Waals surface area contributed by atoms with Gasteiger partial charge in [-0.15, -0.1) is 0 Å². The van der Waals surface area contributed by atoms with Crippen molar-refractivity contribution in [3.8, 4) is 11.5 Å². The molecule has 3 nitrogen and oxygen atoms in total. The Balaban J connectivity index is 1.92. The number of fused-ring (bicyclic) bond motifs is 1. The van der Waals surface area contributed by atoms with E-state index in [1.54, 1.807) is 7.11 Å². The minimum absolute atomic E-state index is 0.00676. The van der Waals surface area contributed by atoms with Crippen LogP contribution in [0.3, 0.4) is 0 Å². The number of methoxy groups -OCH3 is 1. The Morgan fingerprint density at radius 3 is 2.76 bits per heavy atom. The highest BCUT2D eigenvalue weighted by atomic mass is 79.9. The average Bonchev–Trinajstić information content (AvgIpc) is 2.49. The topological polar surface area (TPSA) is 44.5 Å². The van der Waals surface area contributed by atoms with Crippen molar-refractivity contribution >= 4 is 15.9 Å². The minimum Gasteiger partial charge on any atom is -0.497 e. The molecule has 110 valence electrons. The molecule has 1 aliphatic heterocycles. The van der Waals surface area contributed by atoms with Crippen LogP contribution in [0.15, 0.2) is 40.9 Å². The molecule has 0 bridgehead atoms. The van der Waals surface area contributed by atoms with E-state index in [0.717, 1.165) is 33.5 Å². The molecule has 1 unspecified atom stereocenters. The molecule has 3 rings (SSSR count). The third-order valence-corrected chi connectivity index (χ3v) is 4.80. The molecule has 0 aromatic heterocycles. The van der Waals surface area contributed by atoms with Gasteiger partial charge in [-0.05, 0) is 42.3 Å². The van der Waals surface area contributed by atoms with E-state index in [2.05, 4.69) is 41.1 Å². The molecule has 2 aromatic carbocycles. The summed E-state index contributed by atoms with van der Waals surface area (Å²) in [5.74, 6) is 1.66. The molecule has 1 aliphatic rings. The Kier molecular flexibility index (Phi) is 3.91.